The number of rotatable bonds is 4. The minimum atomic E-state index is -0.448. The van der Waals surface area contributed by atoms with E-state index in [-0.39, 0.29) is 12.2 Å². The van der Waals surface area contributed by atoms with Crippen LogP contribution in [0.4, 0.5) is 4.79 Å². The van der Waals surface area contributed by atoms with E-state index in [1.54, 1.807) is 4.90 Å². The van der Waals surface area contributed by atoms with Crippen LogP contribution < -0.4 is 10.1 Å². The van der Waals surface area contributed by atoms with Crippen LogP contribution in [0.1, 0.15) is 39.2 Å². The van der Waals surface area contributed by atoms with Crippen molar-refractivity contribution < 1.29 is 14.3 Å². The smallest absolute Gasteiger partial charge is 0.410 e. The third kappa shape index (κ3) is 6.40. The van der Waals surface area contributed by atoms with Crippen LogP contribution in [-0.2, 0) is 11.3 Å². The molecule has 27 heavy (non-hydrogen) atoms. The van der Waals surface area contributed by atoms with Gasteiger partial charge in [0.2, 0.25) is 0 Å². The molecule has 2 saturated heterocycles. The third-order valence-corrected chi connectivity index (χ3v) is 4.94. The van der Waals surface area contributed by atoms with Gasteiger partial charge in [0.15, 0.2) is 0 Å². The van der Waals surface area contributed by atoms with E-state index < -0.39 is 5.60 Å². The van der Waals surface area contributed by atoms with Crippen molar-refractivity contribution in [1.29, 1.82) is 0 Å². The highest BCUT2D eigenvalue weighted by molar-refractivity contribution is 5.68. The Balaban J connectivity index is 1.43. The van der Waals surface area contributed by atoms with Gasteiger partial charge in [0.1, 0.15) is 17.5 Å². The van der Waals surface area contributed by atoms with Crippen LogP contribution in [0.25, 0.3) is 0 Å². The molecule has 1 amide bonds. The maximum absolute atomic E-state index is 12.1. The van der Waals surface area contributed by atoms with Gasteiger partial charge in [-0.1, -0.05) is 12.1 Å². The third-order valence-electron chi connectivity index (χ3n) is 4.94. The highest BCUT2D eigenvalue weighted by Gasteiger charge is 2.27. The van der Waals surface area contributed by atoms with Gasteiger partial charge in [-0.3, -0.25) is 4.90 Å². The topological polar surface area (TPSA) is 54.0 Å². The summed E-state index contributed by atoms with van der Waals surface area (Å²) in [4.78, 5) is 16.4. The number of likely N-dealkylation sites (tertiary alicyclic amines) is 1. The number of carbonyl (C=O) groups excluding carboxylic acids is 1. The van der Waals surface area contributed by atoms with E-state index in [4.69, 9.17) is 9.47 Å². The van der Waals surface area contributed by atoms with Crippen molar-refractivity contribution in [3.63, 3.8) is 0 Å². The van der Waals surface area contributed by atoms with E-state index in [1.165, 1.54) is 5.56 Å². The second-order valence-electron chi connectivity index (χ2n) is 8.45. The Morgan fingerprint density at radius 1 is 1.07 bits per heavy atom. The Bertz CT molecular complexity index is 598. The van der Waals surface area contributed by atoms with Crippen LogP contribution in [0, 0.1) is 0 Å². The van der Waals surface area contributed by atoms with Gasteiger partial charge < -0.3 is 19.7 Å². The number of amides is 1. The minimum absolute atomic E-state index is 0.155. The average Bonchev–Trinajstić information content (AvgIpc) is 2.63. The predicted octanol–water partition coefficient (Wildman–Crippen LogP) is 2.87. The SMILES string of the molecule is CC(C)(C)OC(=O)N1CCC(Oc2ccc(CN3CCNCC3)cc2)CC1. The molecule has 0 spiro atoms. The molecule has 2 aliphatic heterocycles. The summed E-state index contributed by atoms with van der Waals surface area (Å²) in [5, 5.41) is 3.38. The van der Waals surface area contributed by atoms with Gasteiger partial charge in [-0.2, -0.15) is 0 Å². The number of hydrogen-bond acceptors (Lipinski definition) is 5. The van der Waals surface area contributed by atoms with Gasteiger partial charge in [0.25, 0.3) is 0 Å². The summed E-state index contributed by atoms with van der Waals surface area (Å²) in [6, 6.07) is 8.45. The van der Waals surface area contributed by atoms with Crippen LogP contribution >= 0.6 is 0 Å². The van der Waals surface area contributed by atoms with E-state index in [0.717, 1.165) is 51.3 Å². The van der Waals surface area contributed by atoms with Crippen LogP contribution in [-0.4, -0.2) is 66.9 Å². The van der Waals surface area contributed by atoms with Crippen molar-refractivity contribution in [3.8, 4) is 5.75 Å². The number of piperidine rings is 1. The summed E-state index contributed by atoms with van der Waals surface area (Å²) in [7, 11) is 0. The first-order valence-corrected chi connectivity index (χ1v) is 10.1. The molecule has 2 heterocycles. The number of nitrogens with one attached hydrogen (secondary N) is 1. The molecule has 2 aliphatic rings. The van der Waals surface area contributed by atoms with Crippen molar-refractivity contribution in [2.24, 2.45) is 0 Å². The fourth-order valence-electron chi connectivity index (χ4n) is 3.48. The van der Waals surface area contributed by atoms with E-state index in [9.17, 15) is 4.79 Å². The van der Waals surface area contributed by atoms with Crippen molar-refractivity contribution in [1.82, 2.24) is 15.1 Å². The maximum Gasteiger partial charge on any atom is 0.410 e. The summed E-state index contributed by atoms with van der Waals surface area (Å²) in [5.41, 5.74) is 0.876. The number of nitrogens with zero attached hydrogens (tertiary/aromatic N) is 2. The first-order valence-electron chi connectivity index (χ1n) is 10.1. The van der Waals surface area contributed by atoms with Gasteiger partial charge in [0.05, 0.1) is 0 Å². The van der Waals surface area contributed by atoms with E-state index in [0.29, 0.717) is 13.1 Å². The fourth-order valence-corrected chi connectivity index (χ4v) is 3.48. The zero-order valence-electron chi connectivity index (χ0n) is 16.9. The second kappa shape index (κ2) is 8.93. The quantitative estimate of drug-likeness (QED) is 0.877. The largest absolute Gasteiger partial charge is 0.490 e. The Hall–Kier alpha value is -1.79. The second-order valence-corrected chi connectivity index (χ2v) is 8.45. The Morgan fingerprint density at radius 3 is 2.30 bits per heavy atom. The minimum Gasteiger partial charge on any atom is -0.490 e. The van der Waals surface area contributed by atoms with Crippen molar-refractivity contribution in [3.05, 3.63) is 29.8 Å². The van der Waals surface area contributed by atoms with Crippen LogP contribution in [0.5, 0.6) is 5.75 Å². The lowest BCUT2D eigenvalue weighted by Gasteiger charge is -2.33. The first-order chi connectivity index (χ1) is 12.9. The number of ether oxygens (including phenoxy) is 2. The molecule has 1 aromatic carbocycles. The number of benzene rings is 1. The van der Waals surface area contributed by atoms with E-state index in [2.05, 4.69) is 34.5 Å². The standard InChI is InChI=1S/C21H33N3O3/c1-21(2,3)27-20(25)24-12-8-19(9-13-24)26-18-6-4-17(5-7-18)16-23-14-10-22-11-15-23/h4-7,19,22H,8-16H2,1-3H3. The fraction of sp³-hybridized carbons (Fsp3) is 0.667. The molecule has 0 atom stereocenters. The Morgan fingerprint density at radius 2 is 1.70 bits per heavy atom. The van der Waals surface area contributed by atoms with E-state index >= 15 is 0 Å². The lowest BCUT2D eigenvalue weighted by molar-refractivity contribution is 0.0126. The molecule has 0 bridgehead atoms. The molecule has 6 nitrogen and oxygen atoms in total. The molecule has 0 aromatic heterocycles. The lowest BCUT2D eigenvalue weighted by Crippen LogP contribution is -2.44. The summed E-state index contributed by atoms with van der Waals surface area (Å²) >= 11 is 0. The van der Waals surface area contributed by atoms with Gasteiger partial charge >= 0.3 is 6.09 Å². The molecule has 6 heteroatoms. The van der Waals surface area contributed by atoms with Crippen molar-refractivity contribution in [2.75, 3.05) is 39.3 Å². The molecule has 150 valence electrons. The zero-order valence-corrected chi connectivity index (χ0v) is 16.9. The zero-order chi connectivity index (χ0) is 19.3. The molecule has 0 unspecified atom stereocenters. The summed E-state index contributed by atoms with van der Waals surface area (Å²) in [6.45, 7) is 12.4. The molecule has 1 aromatic rings. The molecule has 3 rings (SSSR count). The van der Waals surface area contributed by atoms with Crippen molar-refractivity contribution in [2.45, 2.75) is 51.9 Å². The number of hydrogen-bond donors (Lipinski definition) is 1. The van der Waals surface area contributed by atoms with Gasteiger partial charge in [-0.25, -0.2) is 4.79 Å². The monoisotopic (exact) mass is 375 g/mol. The van der Waals surface area contributed by atoms with Crippen molar-refractivity contribution >= 4 is 6.09 Å². The van der Waals surface area contributed by atoms with Crippen LogP contribution in [0.2, 0.25) is 0 Å². The highest BCUT2D eigenvalue weighted by atomic mass is 16.6. The Kier molecular flexibility index (Phi) is 6.60. The number of piperazine rings is 1. The molecular formula is C21H33N3O3. The molecule has 1 N–H and O–H groups in total. The normalized spacial score (nSPS) is 19.7. The first kappa shape index (κ1) is 20.0. The summed E-state index contributed by atoms with van der Waals surface area (Å²) in [6.07, 6.45) is 1.60. The highest BCUT2D eigenvalue weighted by Crippen LogP contribution is 2.21. The molecular weight excluding hydrogens is 342 g/mol. The van der Waals surface area contributed by atoms with E-state index in [1.807, 2.05) is 20.8 Å². The molecule has 2 fully saturated rings. The van der Waals surface area contributed by atoms with Gasteiger partial charge in [0, 0.05) is 58.7 Å². The molecule has 0 aliphatic carbocycles. The molecule has 0 saturated carbocycles. The van der Waals surface area contributed by atoms with Crippen LogP contribution in [0.3, 0.4) is 0 Å². The van der Waals surface area contributed by atoms with Gasteiger partial charge in [-0.05, 0) is 38.5 Å². The molecule has 0 radical (unpaired) electrons. The van der Waals surface area contributed by atoms with Gasteiger partial charge in [-0.15, -0.1) is 0 Å². The maximum atomic E-state index is 12.1. The summed E-state index contributed by atoms with van der Waals surface area (Å²) < 4.78 is 11.6. The average molecular weight is 376 g/mol. The lowest BCUT2D eigenvalue weighted by atomic mass is 10.1. The van der Waals surface area contributed by atoms with Crippen LogP contribution in [0.15, 0.2) is 24.3 Å². The number of carbonyl (C=O) groups is 1. The summed E-state index contributed by atoms with van der Waals surface area (Å²) in [5.74, 6) is 0.912. The Labute approximate surface area is 162 Å². The predicted molar refractivity (Wildman–Crippen MR) is 106 cm³/mol.